The zero-order chi connectivity index (χ0) is 39.5. The summed E-state index contributed by atoms with van der Waals surface area (Å²) in [5.41, 5.74) is 13.0. The van der Waals surface area contributed by atoms with Gasteiger partial charge in [0, 0.05) is 68.3 Å². The highest BCUT2D eigenvalue weighted by Gasteiger charge is 2.19. The molecule has 0 heterocycles. The number of allylic oxidation sites excluding steroid dienone is 3. The minimum absolute atomic E-state index is 1.05. The minimum atomic E-state index is 1.05. The molecule has 0 saturated carbocycles. The molecular formula is C54H46N4. The topological polar surface area (TPSA) is 13.0 Å². The molecule has 0 atom stereocenters. The molecule has 0 saturated heterocycles. The van der Waals surface area contributed by atoms with Gasteiger partial charge in [-0.25, -0.2) is 0 Å². The second-order valence-electron chi connectivity index (χ2n) is 13.8. The van der Waals surface area contributed by atoms with Crippen molar-refractivity contribution >= 4 is 62.6 Å². The highest BCUT2D eigenvalue weighted by atomic mass is 15.2. The Morgan fingerprint density at radius 2 is 0.483 bits per heavy atom. The number of anilines is 11. The maximum absolute atomic E-state index is 2.33. The third-order valence-electron chi connectivity index (χ3n) is 10.1. The fourth-order valence-corrected chi connectivity index (χ4v) is 7.40. The van der Waals surface area contributed by atoms with Gasteiger partial charge in [0.05, 0.1) is 0 Å². The quantitative estimate of drug-likeness (QED) is 0.109. The Kier molecular flexibility index (Phi) is 11.6. The maximum atomic E-state index is 2.33. The molecule has 0 amide bonds. The molecule has 0 aliphatic carbocycles. The van der Waals surface area contributed by atoms with Crippen LogP contribution in [-0.2, 0) is 0 Å². The summed E-state index contributed by atoms with van der Waals surface area (Å²) in [6.45, 7) is 4.14. The largest absolute Gasteiger partial charge is 0.311 e. The van der Waals surface area contributed by atoms with Gasteiger partial charge in [0.2, 0.25) is 0 Å². The van der Waals surface area contributed by atoms with Crippen molar-refractivity contribution in [3.63, 3.8) is 0 Å². The lowest BCUT2D eigenvalue weighted by atomic mass is 10.1. The number of hydrogen-bond acceptors (Lipinski definition) is 4. The Morgan fingerprint density at radius 3 is 0.724 bits per heavy atom. The fraction of sp³-hybridized carbons (Fsp3) is 0.0370. The lowest BCUT2D eigenvalue weighted by molar-refractivity contribution is 1.19. The van der Waals surface area contributed by atoms with E-state index in [1.165, 1.54) is 0 Å². The van der Waals surface area contributed by atoms with Crippen LogP contribution in [0, 0.1) is 0 Å². The van der Waals surface area contributed by atoms with E-state index in [4.69, 9.17) is 0 Å². The molecule has 0 radical (unpaired) electrons. The molecular weight excluding hydrogens is 705 g/mol. The first kappa shape index (κ1) is 37.4. The van der Waals surface area contributed by atoms with Crippen LogP contribution in [-0.4, -0.2) is 0 Å². The van der Waals surface area contributed by atoms with Gasteiger partial charge >= 0.3 is 0 Å². The molecule has 4 heteroatoms. The first-order valence-corrected chi connectivity index (χ1v) is 19.8. The van der Waals surface area contributed by atoms with E-state index < -0.39 is 0 Å². The maximum Gasteiger partial charge on any atom is 0.0463 e. The van der Waals surface area contributed by atoms with E-state index in [9.17, 15) is 0 Å². The van der Waals surface area contributed by atoms with E-state index in [1.54, 1.807) is 0 Å². The molecule has 8 aromatic carbocycles. The van der Waals surface area contributed by atoms with Crippen LogP contribution >= 0.6 is 0 Å². The van der Waals surface area contributed by atoms with Gasteiger partial charge in [-0.05, 0) is 153 Å². The summed E-state index contributed by atoms with van der Waals surface area (Å²) in [6.07, 6.45) is 6.39. The highest BCUT2D eigenvalue weighted by Crippen LogP contribution is 2.42. The van der Waals surface area contributed by atoms with Crippen molar-refractivity contribution in [2.75, 3.05) is 19.6 Å². The van der Waals surface area contributed by atoms with Gasteiger partial charge < -0.3 is 19.6 Å². The molecule has 8 aromatic rings. The van der Waals surface area contributed by atoms with Crippen LogP contribution in [0.4, 0.5) is 62.6 Å². The van der Waals surface area contributed by atoms with Crippen molar-refractivity contribution in [2.45, 2.75) is 13.8 Å². The smallest absolute Gasteiger partial charge is 0.0463 e. The molecule has 0 aromatic heterocycles. The molecule has 8 rings (SSSR count). The summed E-state index contributed by atoms with van der Waals surface area (Å²) in [6, 6.07) is 79.2. The summed E-state index contributed by atoms with van der Waals surface area (Å²) in [7, 11) is 0. The third kappa shape index (κ3) is 8.18. The number of nitrogens with zero attached hydrogens (tertiary/aromatic N) is 4. The van der Waals surface area contributed by atoms with Crippen LogP contribution in [0.1, 0.15) is 13.8 Å². The van der Waals surface area contributed by atoms with Crippen molar-refractivity contribution in [3.05, 3.63) is 248 Å². The summed E-state index contributed by atoms with van der Waals surface area (Å²) < 4.78 is 0. The van der Waals surface area contributed by atoms with Gasteiger partial charge in [0.1, 0.15) is 0 Å². The molecule has 0 aliphatic rings. The van der Waals surface area contributed by atoms with Gasteiger partial charge in [-0.3, -0.25) is 0 Å². The van der Waals surface area contributed by atoms with E-state index >= 15 is 0 Å². The number of benzene rings is 8. The first-order valence-electron chi connectivity index (χ1n) is 19.8. The summed E-state index contributed by atoms with van der Waals surface area (Å²) in [5, 5.41) is 0. The van der Waals surface area contributed by atoms with Crippen LogP contribution < -0.4 is 19.6 Å². The average molecular weight is 751 g/mol. The molecule has 0 aliphatic heterocycles. The van der Waals surface area contributed by atoms with Gasteiger partial charge in [-0.1, -0.05) is 103 Å². The average Bonchev–Trinajstić information content (AvgIpc) is 3.30. The lowest BCUT2D eigenvalue weighted by Crippen LogP contribution is -2.16. The monoisotopic (exact) mass is 750 g/mol. The predicted octanol–water partition coefficient (Wildman–Crippen LogP) is 15.7. The van der Waals surface area contributed by atoms with Gasteiger partial charge in [-0.15, -0.1) is 0 Å². The number of hydrogen-bond donors (Lipinski definition) is 0. The van der Waals surface area contributed by atoms with Crippen molar-refractivity contribution in [3.8, 4) is 0 Å². The Labute approximate surface area is 343 Å². The molecule has 4 nitrogen and oxygen atoms in total. The normalized spacial score (nSPS) is 11.3. The van der Waals surface area contributed by atoms with Crippen LogP contribution in [0.5, 0.6) is 0 Å². The SMILES string of the molecule is C/C=C\C(=C/C)N(c1ccccc1)c1ccc(N(c2ccc(N(c3ccccc3)c3ccccc3)cc2)c2ccc(N(c3ccccc3)c3ccccc3)cc2)cc1. The third-order valence-corrected chi connectivity index (χ3v) is 10.1. The molecule has 0 unspecified atom stereocenters. The predicted molar refractivity (Wildman–Crippen MR) is 248 cm³/mol. The highest BCUT2D eigenvalue weighted by molar-refractivity contribution is 5.84. The summed E-state index contributed by atoms with van der Waals surface area (Å²) >= 11 is 0. The fourth-order valence-electron chi connectivity index (χ4n) is 7.40. The molecule has 0 N–H and O–H groups in total. The van der Waals surface area contributed by atoms with Crippen LogP contribution in [0.15, 0.2) is 248 Å². The molecule has 0 bridgehead atoms. The van der Waals surface area contributed by atoms with E-state index in [-0.39, 0.29) is 0 Å². The van der Waals surface area contributed by atoms with E-state index in [1.807, 2.05) is 0 Å². The van der Waals surface area contributed by atoms with Crippen molar-refractivity contribution < 1.29 is 0 Å². The van der Waals surface area contributed by atoms with Crippen LogP contribution in [0.3, 0.4) is 0 Å². The van der Waals surface area contributed by atoms with Crippen LogP contribution in [0.2, 0.25) is 0 Å². The van der Waals surface area contributed by atoms with Gasteiger partial charge in [0.25, 0.3) is 0 Å². The summed E-state index contributed by atoms with van der Waals surface area (Å²) in [4.78, 5) is 9.21. The van der Waals surface area contributed by atoms with Crippen LogP contribution in [0.25, 0.3) is 0 Å². The summed E-state index contributed by atoms with van der Waals surface area (Å²) in [5.74, 6) is 0. The zero-order valence-corrected chi connectivity index (χ0v) is 32.9. The Hall–Kier alpha value is -7.56. The minimum Gasteiger partial charge on any atom is -0.311 e. The van der Waals surface area contributed by atoms with E-state index in [2.05, 4.69) is 276 Å². The Morgan fingerprint density at radius 1 is 0.276 bits per heavy atom. The van der Waals surface area contributed by atoms with E-state index in [0.717, 1.165) is 68.3 Å². The molecule has 282 valence electrons. The Bertz CT molecular complexity index is 2330. The van der Waals surface area contributed by atoms with E-state index in [0.29, 0.717) is 0 Å². The first-order chi connectivity index (χ1) is 28.7. The van der Waals surface area contributed by atoms with Crippen molar-refractivity contribution in [1.82, 2.24) is 0 Å². The van der Waals surface area contributed by atoms with Crippen molar-refractivity contribution in [1.29, 1.82) is 0 Å². The molecule has 0 fully saturated rings. The van der Waals surface area contributed by atoms with Crippen molar-refractivity contribution in [2.24, 2.45) is 0 Å². The second-order valence-corrected chi connectivity index (χ2v) is 13.8. The number of rotatable bonds is 13. The van der Waals surface area contributed by atoms with Gasteiger partial charge in [-0.2, -0.15) is 0 Å². The Balaban J connectivity index is 1.21. The van der Waals surface area contributed by atoms with Gasteiger partial charge in [0.15, 0.2) is 0 Å². The zero-order valence-electron chi connectivity index (χ0n) is 32.9. The molecule has 58 heavy (non-hydrogen) atoms. The molecule has 0 spiro atoms. The number of para-hydroxylation sites is 5. The standard InChI is InChI=1S/C54H46N4/c1-3-20-43(4-2)55(44-21-10-5-11-22-44)49-31-33-52(34-32-49)58(53-39-35-50(36-40-53)56(45-23-12-6-13-24-45)46-25-14-7-15-26-46)54-41-37-51(38-42-54)57(47-27-16-8-17-28-47)48-29-18-9-19-30-48/h3-42H,1-2H3/b20-3-,43-4+. The second kappa shape index (κ2) is 17.9. The lowest BCUT2D eigenvalue weighted by Gasteiger charge is -2.30.